The van der Waals surface area contributed by atoms with E-state index in [4.69, 9.17) is 28.5 Å². The second-order valence-corrected chi connectivity index (χ2v) is 5.18. The van der Waals surface area contributed by atoms with Crippen molar-refractivity contribution < 1.29 is 26.3 Å². The van der Waals surface area contributed by atoms with Gasteiger partial charge in [0.25, 0.3) is 0 Å². The first kappa shape index (κ1) is 18.2. The van der Waals surface area contributed by atoms with Crippen LogP contribution in [0.2, 0.25) is 10.0 Å². The molecule has 0 bridgehead atoms. The molecule has 0 spiro atoms. The molecule has 0 saturated heterocycles. The third-order valence-electron chi connectivity index (χ3n) is 2.77. The molecular weight excluding hydrogens is 385 g/mol. The summed E-state index contributed by atoms with van der Waals surface area (Å²) in [5.74, 6) is -0.576. The van der Waals surface area contributed by atoms with Crippen LogP contribution >= 0.6 is 23.2 Å². The minimum Gasteiger partial charge on any atom is -0.335 e. The highest BCUT2D eigenvalue weighted by Gasteiger charge is 2.38. The van der Waals surface area contributed by atoms with E-state index in [9.17, 15) is 26.3 Å². The maximum absolute atomic E-state index is 12.7. The summed E-state index contributed by atoms with van der Waals surface area (Å²) in [6, 6.07) is 2.38. The molecule has 0 unspecified atom stereocenters. The van der Waals surface area contributed by atoms with E-state index in [-0.39, 0.29) is 5.69 Å². The first-order chi connectivity index (χ1) is 10.9. The van der Waals surface area contributed by atoms with Gasteiger partial charge in [0.15, 0.2) is 11.5 Å². The van der Waals surface area contributed by atoms with Gasteiger partial charge in [-0.15, -0.1) is 0 Å². The van der Waals surface area contributed by atoms with Crippen molar-refractivity contribution >= 4 is 34.7 Å². The lowest BCUT2D eigenvalue weighted by Crippen LogP contribution is -2.08. The molecule has 0 amide bonds. The Morgan fingerprint density at radius 3 is 2.00 bits per heavy atom. The Labute approximate surface area is 140 Å². The Morgan fingerprint density at radius 1 is 1.04 bits per heavy atom. The second kappa shape index (κ2) is 6.07. The topological polar surface area (TPSA) is 64.5 Å². The van der Waals surface area contributed by atoms with Gasteiger partial charge in [-0.1, -0.05) is 23.2 Å². The molecule has 1 aromatic carbocycles. The molecule has 0 atom stereocenters. The summed E-state index contributed by atoms with van der Waals surface area (Å²) in [6.07, 6.45) is -9.58. The zero-order chi connectivity index (χ0) is 18.3. The van der Waals surface area contributed by atoms with E-state index in [0.29, 0.717) is 12.1 Å². The van der Waals surface area contributed by atoms with Gasteiger partial charge in [0.05, 0.1) is 21.3 Å². The zero-order valence-electron chi connectivity index (χ0n) is 11.1. The molecule has 1 aromatic heterocycles. The molecule has 1 heterocycles. The van der Waals surface area contributed by atoms with Crippen molar-refractivity contribution in [2.75, 3.05) is 5.32 Å². The lowest BCUT2D eigenvalue weighted by Gasteiger charge is -2.13. The Kier molecular flexibility index (Phi) is 4.61. The molecule has 24 heavy (non-hydrogen) atoms. The van der Waals surface area contributed by atoms with E-state index in [1.165, 1.54) is 6.07 Å². The largest absolute Gasteiger partial charge is 0.434 e. The Bertz CT molecular complexity index is 795. The van der Waals surface area contributed by atoms with E-state index >= 15 is 0 Å². The van der Waals surface area contributed by atoms with E-state index in [1.54, 1.807) is 5.10 Å². The molecule has 0 fully saturated rings. The van der Waals surface area contributed by atoms with E-state index in [0.717, 1.165) is 0 Å². The molecule has 0 aliphatic rings. The van der Waals surface area contributed by atoms with Crippen molar-refractivity contribution in [3.8, 4) is 6.07 Å². The Morgan fingerprint density at radius 2 is 1.58 bits per heavy atom. The van der Waals surface area contributed by atoms with Gasteiger partial charge in [0.1, 0.15) is 11.6 Å². The number of alkyl halides is 6. The highest BCUT2D eigenvalue weighted by Crippen LogP contribution is 2.40. The van der Waals surface area contributed by atoms with Gasteiger partial charge in [0, 0.05) is 0 Å². The van der Waals surface area contributed by atoms with Gasteiger partial charge >= 0.3 is 12.4 Å². The lowest BCUT2D eigenvalue weighted by molar-refractivity contribution is -0.141. The van der Waals surface area contributed by atoms with Crippen LogP contribution in [-0.2, 0) is 12.4 Å². The quantitative estimate of drug-likeness (QED) is 0.679. The van der Waals surface area contributed by atoms with Gasteiger partial charge in [-0.2, -0.15) is 36.7 Å². The van der Waals surface area contributed by atoms with Crippen LogP contribution in [0.4, 0.5) is 37.8 Å². The third-order valence-corrected chi connectivity index (χ3v) is 3.37. The number of hydrogen-bond donors (Lipinski definition) is 2. The molecule has 4 nitrogen and oxygen atoms in total. The summed E-state index contributed by atoms with van der Waals surface area (Å²) in [6.45, 7) is 0. The van der Waals surface area contributed by atoms with Crippen LogP contribution in [0.25, 0.3) is 0 Å². The number of nitriles is 1. The predicted octanol–water partition coefficient (Wildman–Crippen LogP) is 5.37. The van der Waals surface area contributed by atoms with E-state index < -0.39 is 45.0 Å². The summed E-state index contributed by atoms with van der Waals surface area (Å²) >= 11 is 11.4. The molecule has 0 aliphatic heterocycles. The average molecular weight is 389 g/mol. The van der Waals surface area contributed by atoms with Crippen molar-refractivity contribution in [3.05, 3.63) is 39.0 Å². The first-order valence-corrected chi connectivity index (χ1v) is 6.59. The van der Waals surface area contributed by atoms with Gasteiger partial charge in [-0.3, -0.25) is 5.10 Å². The molecule has 0 saturated carbocycles. The summed E-state index contributed by atoms with van der Waals surface area (Å²) in [5, 5.41) is 15.0. The number of aromatic amines is 1. The Balaban J connectivity index is 2.47. The van der Waals surface area contributed by atoms with Crippen LogP contribution in [-0.4, -0.2) is 10.2 Å². The number of anilines is 2. The second-order valence-electron chi connectivity index (χ2n) is 4.37. The van der Waals surface area contributed by atoms with Crippen LogP contribution < -0.4 is 5.32 Å². The maximum atomic E-state index is 12.7. The Hall–Kier alpha value is -2.12. The molecule has 0 aliphatic carbocycles. The number of rotatable bonds is 2. The maximum Gasteiger partial charge on any atom is 0.434 e. The monoisotopic (exact) mass is 388 g/mol. The lowest BCUT2D eigenvalue weighted by atomic mass is 10.2. The number of hydrogen-bond acceptors (Lipinski definition) is 3. The van der Waals surface area contributed by atoms with Crippen LogP contribution in [0, 0.1) is 11.3 Å². The normalized spacial score (nSPS) is 12.1. The highest BCUT2D eigenvalue weighted by atomic mass is 35.5. The van der Waals surface area contributed by atoms with Crippen molar-refractivity contribution in [2.24, 2.45) is 0 Å². The van der Waals surface area contributed by atoms with Crippen molar-refractivity contribution in [1.29, 1.82) is 5.26 Å². The molecule has 2 N–H and O–H groups in total. The minimum atomic E-state index is -4.87. The van der Waals surface area contributed by atoms with Crippen molar-refractivity contribution in [2.45, 2.75) is 12.4 Å². The first-order valence-electron chi connectivity index (χ1n) is 5.84. The smallest absolute Gasteiger partial charge is 0.335 e. The molecule has 128 valence electrons. The average Bonchev–Trinajstić information content (AvgIpc) is 2.84. The van der Waals surface area contributed by atoms with Gasteiger partial charge < -0.3 is 5.32 Å². The fourth-order valence-corrected chi connectivity index (χ4v) is 2.30. The van der Waals surface area contributed by atoms with Gasteiger partial charge in [0.2, 0.25) is 0 Å². The molecule has 12 heteroatoms. The van der Waals surface area contributed by atoms with Crippen LogP contribution in [0.5, 0.6) is 0 Å². The number of nitrogens with zero attached hydrogens (tertiary/aromatic N) is 2. The summed E-state index contributed by atoms with van der Waals surface area (Å²) in [4.78, 5) is 0. The summed E-state index contributed by atoms with van der Waals surface area (Å²) in [5.41, 5.74) is -3.74. The number of nitrogens with one attached hydrogen (secondary N) is 2. The molecule has 0 radical (unpaired) electrons. The standard InChI is InChI=1S/C12H4Cl2F6N4/c13-6-1-4(11(15,16)17)2-7(14)8(6)22-10-5(3-21)9(23-24-10)12(18,19)20/h1-2H,(H2,22,23,24). The molecular formula is C12H4Cl2F6N4. The molecule has 2 aromatic rings. The van der Waals surface area contributed by atoms with Gasteiger partial charge in [-0.05, 0) is 12.1 Å². The van der Waals surface area contributed by atoms with E-state index in [1.807, 2.05) is 0 Å². The van der Waals surface area contributed by atoms with Gasteiger partial charge in [-0.25, -0.2) is 0 Å². The summed E-state index contributed by atoms with van der Waals surface area (Å²) < 4.78 is 76.0. The number of benzene rings is 1. The molecule has 2 rings (SSSR count). The number of halogens is 8. The number of H-pyrrole nitrogens is 1. The summed E-state index contributed by atoms with van der Waals surface area (Å²) in [7, 11) is 0. The fourth-order valence-electron chi connectivity index (χ4n) is 1.72. The number of aromatic nitrogens is 2. The third kappa shape index (κ3) is 3.52. The van der Waals surface area contributed by atoms with Crippen LogP contribution in [0.15, 0.2) is 12.1 Å². The zero-order valence-corrected chi connectivity index (χ0v) is 12.6. The minimum absolute atomic E-state index is 0.317. The van der Waals surface area contributed by atoms with Crippen molar-refractivity contribution in [3.63, 3.8) is 0 Å². The SMILES string of the molecule is N#Cc1c(Nc2c(Cl)cc(C(F)(F)F)cc2Cl)n[nH]c1C(F)(F)F. The van der Waals surface area contributed by atoms with Crippen LogP contribution in [0.1, 0.15) is 16.8 Å². The highest BCUT2D eigenvalue weighted by molar-refractivity contribution is 6.39. The fraction of sp³-hybridized carbons (Fsp3) is 0.167. The van der Waals surface area contributed by atoms with E-state index in [2.05, 4.69) is 10.4 Å². The predicted molar refractivity (Wildman–Crippen MR) is 73.1 cm³/mol. The van der Waals surface area contributed by atoms with Crippen molar-refractivity contribution in [1.82, 2.24) is 10.2 Å². The van der Waals surface area contributed by atoms with Crippen LogP contribution in [0.3, 0.4) is 0 Å².